The van der Waals surface area contributed by atoms with Crippen LogP contribution in [-0.2, 0) is 17.4 Å². The van der Waals surface area contributed by atoms with Crippen molar-refractivity contribution in [3.63, 3.8) is 0 Å². The van der Waals surface area contributed by atoms with Crippen LogP contribution in [0.3, 0.4) is 0 Å². The molecule has 1 unspecified atom stereocenters. The van der Waals surface area contributed by atoms with E-state index < -0.39 is 29.7 Å². The van der Waals surface area contributed by atoms with Gasteiger partial charge in [-0.15, -0.1) is 11.8 Å². The van der Waals surface area contributed by atoms with Gasteiger partial charge in [0.05, 0.1) is 11.1 Å². The second-order valence-electron chi connectivity index (χ2n) is 10.1. The molecule has 0 spiro atoms. The fourth-order valence-corrected chi connectivity index (χ4v) is 5.69. The Kier molecular flexibility index (Phi) is 9.80. The summed E-state index contributed by atoms with van der Waals surface area (Å²) in [6, 6.07) is 14.0. The van der Waals surface area contributed by atoms with E-state index in [1.165, 1.54) is 6.92 Å². The number of aromatic nitrogens is 1. The molecule has 1 aromatic heterocycles. The third kappa shape index (κ3) is 7.93. The second-order valence-corrected chi connectivity index (χ2v) is 11.0. The maximum absolute atomic E-state index is 13.2. The molecule has 1 amide bonds. The van der Waals surface area contributed by atoms with Gasteiger partial charge in [-0.25, -0.2) is 9.78 Å². The topological polar surface area (TPSA) is 94.6 Å². The highest BCUT2D eigenvalue weighted by Gasteiger charge is 2.33. The zero-order valence-corrected chi connectivity index (χ0v) is 23.7. The minimum Gasteiger partial charge on any atom is -0.480 e. The number of halogens is 3. The Morgan fingerprint density at radius 3 is 2.41 bits per heavy atom. The predicted molar refractivity (Wildman–Crippen MR) is 155 cm³/mol. The Morgan fingerprint density at radius 1 is 1.12 bits per heavy atom. The molecule has 4 rings (SSSR count). The second kappa shape index (κ2) is 13.3. The number of nitrogens with zero attached hydrogens (tertiary/aromatic N) is 2. The van der Waals surface area contributed by atoms with Crippen molar-refractivity contribution in [1.82, 2.24) is 10.3 Å². The Morgan fingerprint density at radius 2 is 1.83 bits per heavy atom. The number of alkyl halides is 3. The summed E-state index contributed by atoms with van der Waals surface area (Å²) in [4.78, 5) is 31.8. The van der Waals surface area contributed by atoms with E-state index in [9.17, 15) is 27.9 Å². The number of thioether (sulfide) groups is 1. The number of anilines is 2. The summed E-state index contributed by atoms with van der Waals surface area (Å²) in [6.07, 6.45) is 0.905. The van der Waals surface area contributed by atoms with Crippen molar-refractivity contribution >= 4 is 35.1 Å². The van der Waals surface area contributed by atoms with Crippen molar-refractivity contribution in [2.75, 3.05) is 36.1 Å². The molecule has 0 bridgehead atoms. The van der Waals surface area contributed by atoms with Crippen LogP contribution in [0.2, 0.25) is 0 Å². The number of aryl methyl sites for hydroxylation is 1. The minimum absolute atomic E-state index is 0.0386. The zero-order valence-electron chi connectivity index (χ0n) is 22.9. The number of hydrogen-bond acceptors (Lipinski definition) is 6. The van der Waals surface area contributed by atoms with Gasteiger partial charge in [-0.3, -0.25) is 4.79 Å². The molecule has 0 saturated carbocycles. The van der Waals surface area contributed by atoms with Crippen LogP contribution in [0.5, 0.6) is 0 Å². The highest BCUT2D eigenvalue weighted by molar-refractivity contribution is 7.98. The fourth-order valence-electron chi connectivity index (χ4n) is 4.99. The third-order valence-electron chi connectivity index (χ3n) is 7.27. The lowest BCUT2D eigenvalue weighted by Gasteiger charge is -2.34. The van der Waals surface area contributed by atoms with Crippen LogP contribution < -0.4 is 15.5 Å². The van der Waals surface area contributed by atoms with E-state index in [4.69, 9.17) is 0 Å². The number of carboxylic acids is 1. The highest BCUT2D eigenvalue weighted by atomic mass is 32.2. The molecule has 0 radical (unpaired) electrons. The molecule has 7 nitrogen and oxygen atoms in total. The summed E-state index contributed by atoms with van der Waals surface area (Å²) in [5.74, 6) is -0.517. The minimum atomic E-state index is -4.55. The number of rotatable bonds is 10. The molecule has 2 aromatic carbocycles. The average molecular weight is 587 g/mol. The zero-order chi connectivity index (χ0) is 29.6. The Hall–Kier alpha value is -3.73. The number of amides is 1. The average Bonchev–Trinajstić information content (AvgIpc) is 2.96. The predicted octanol–water partition coefficient (Wildman–Crippen LogP) is 5.88. The van der Waals surface area contributed by atoms with Crippen LogP contribution in [-0.4, -0.2) is 53.9 Å². The molecular formula is C30H33F3N4O3S. The number of pyridine rings is 1. The summed E-state index contributed by atoms with van der Waals surface area (Å²) in [5, 5.41) is 15.7. The van der Waals surface area contributed by atoms with Gasteiger partial charge in [0.1, 0.15) is 11.9 Å². The van der Waals surface area contributed by atoms with E-state index in [0.717, 1.165) is 73.4 Å². The number of carbonyl (C=O) groups excluding carboxylic acids is 1. The lowest BCUT2D eigenvalue weighted by Crippen LogP contribution is -2.42. The molecule has 2 heterocycles. The van der Waals surface area contributed by atoms with Gasteiger partial charge in [-0.1, -0.05) is 18.2 Å². The van der Waals surface area contributed by atoms with Crippen molar-refractivity contribution in [1.29, 1.82) is 0 Å². The van der Waals surface area contributed by atoms with Gasteiger partial charge < -0.3 is 20.6 Å². The van der Waals surface area contributed by atoms with Gasteiger partial charge in [0.25, 0.3) is 5.91 Å². The molecule has 1 aliphatic heterocycles. The molecule has 3 N–H and O–H groups in total. The van der Waals surface area contributed by atoms with Gasteiger partial charge in [0.2, 0.25) is 0 Å². The van der Waals surface area contributed by atoms with E-state index in [2.05, 4.69) is 20.5 Å². The molecule has 3 aromatic rings. The maximum atomic E-state index is 13.2. The first-order valence-corrected chi connectivity index (χ1v) is 14.6. The van der Waals surface area contributed by atoms with E-state index >= 15 is 0 Å². The van der Waals surface area contributed by atoms with Crippen molar-refractivity contribution in [2.45, 2.75) is 43.3 Å². The maximum Gasteiger partial charge on any atom is 0.416 e. The normalized spacial score (nSPS) is 14.9. The summed E-state index contributed by atoms with van der Waals surface area (Å²) in [5.41, 5.74) is 1.10. The highest BCUT2D eigenvalue weighted by Crippen LogP contribution is 2.35. The first kappa shape index (κ1) is 30.2. The largest absolute Gasteiger partial charge is 0.480 e. The van der Waals surface area contributed by atoms with Crippen molar-refractivity contribution in [2.24, 2.45) is 5.92 Å². The molecule has 41 heavy (non-hydrogen) atoms. The smallest absolute Gasteiger partial charge is 0.416 e. The van der Waals surface area contributed by atoms with Crippen molar-refractivity contribution in [3.05, 3.63) is 83.0 Å². The summed E-state index contributed by atoms with van der Waals surface area (Å²) < 4.78 is 39.7. The van der Waals surface area contributed by atoms with Crippen molar-refractivity contribution in [3.8, 4) is 0 Å². The van der Waals surface area contributed by atoms with Gasteiger partial charge in [-0.05, 0) is 79.5 Å². The fraction of sp³-hybridized carbons (Fsp3) is 0.367. The van der Waals surface area contributed by atoms with Gasteiger partial charge in [0.15, 0.2) is 0 Å². The first-order chi connectivity index (χ1) is 19.5. The van der Waals surface area contributed by atoms with Crippen LogP contribution in [0.1, 0.15) is 39.9 Å². The Labute approximate surface area is 241 Å². The van der Waals surface area contributed by atoms with E-state index in [1.54, 1.807) is 12.5 Å². The number of piperidine rings is 1. The first-order valence-electron chi connectivity index (χ1n) is 13.3. The molecule has 1 aliphatic rings. The van der Waals surface area contributed by atoms with Crippen LogP contribution in [0.4, 0.5) is 24.7 Å². The van der Waals surface area contributed by atoms with Crippen LogP contribution >= 0.6 is 11.8 Å². The molecule has 1 atom stereocenters. The number of nitrogens with one attached hydrogen (secondary N) is 2. The van der Waals surface area contributed by atoms with E-state index in [1.807, 2.05) is 42.5 Å². The van der Waals surface area contributed by atoms with Gasteiger partial charge >= 0.3 is 12.1 Å². The molecular weight excluding hydrogens is 553 g/mol. The molecule has 11 heteroatoms. The lowest BCUT2D eigenvalue weighted by atomic mass is 9.96. The van der Waals surface area contributed by atoms with Crippen LogP contribution in [0.25, 0.3) is 0 Å². The summed E-state index contributed by atoms with van der Waals surface area (Å²) in [7, 11) is 0. The number of carbonyl (C=O) groups is 2. The number of carboxylic acid groups (broad SMARTS) is 1. The third-order valence-corrected chi connectivity index (χ3v) is 8.03. The molecule has 0 aliphatic carbocycles. The number of benzene rings is 2. The van der Waals surface area contributed by atoms with Crippen molar-refractivity contribution < 1.29 is 27.9 Å². The summed E-state index contributed by atoms with van der Waals surface area (Å²) >= 11 is 1.01. The SMILES string of the molecule is CSc1cc(C(F)(F)F)cc(C)c1C(=O)NC(Cc1ccc(N2CCC(CNc3ccccn3)CC2)cc1)C(=O)O. The van der Waals surface area contributed by atoms with Crippen LogP contribution in [0, 0.1) is 12.8 Å². The molecule has 218 valence electrons. The van der Waals surface area contributed by atoms with E-state index in [0.29, 0.717) is 5.92 Å². The summed E-state index contributed by atoms with van der Waals surface area (Å²) in [6.45, 7) is 4.10. The standard InChI is InChI=1S/C30H33F3N4O3S/c1-19-15-22(30(31,32)33)17-25(41-2)27(19)28(38)36-24(29(39)40)16-20-6-8-23(9-7-20)37-13-10-21(11-14-37)18-35-26-5-3-4-12-34-26/h3-9,12,15,17,21,24H,10-11,13-14,16,18H2,1-2H3,(H,34,35)(H,36,38)(H,39,40). The van der Waals surface area contributed by atoms with E-state index in [-0.39, 0.29) is 22.4 Å². The van der Waals surface area contributed by atoms with Gasteiger partial charge in [-0.2, -0.15) is 13.2 Å². The number of aliphatic carboxylic acids is 1. The Balaban J connectivity index is 1.35. The van der Waals surface area contributed by atoms with Gasteiger partial charge in [0, 0.05) is 42.8 Å². The number of hydrogen-bond donors (Lipinski definition) is 3. The van der Waals surface area contributed by atoms with Crippen LogP contribution in [0.15, 0.2) is 65.7 Å². The molecule has 1 saturated heterocycles. The molecule has 1 fully saturated rings. The monoisotopic (exact) mass is 586 g/mol. The quantitative estimate of drug-likeness (QED) is 0.255. The Bertz CT molecular complexity index is 1350. The lowest BCUT2D eigenvalue weighted by molar-refractivity contribution is -0.139.